The maximum atomic E-state index is 14.3. The van der Waals surface area contributed by atoms with Crippen molar-refractivity contribution in [3.8, 4) is 0 Å². The van der Waals surface area contributed by atoms with Gasteiger partial charge in [0, 0.05) is 26.2 Å². The minimum absolute atomic E-state index is 0.0813. The molecule has 2 aliphatic carbocycles. The molecule has 0 radical (unpaired) electrons. The first-order valence-corrected chi connectivity index (χ1v) is 13.7. The summed E-state index contributed by atoms with van der Waals surface area (Å²) in [6, 6.07) is 19.5. The molecule has 218 valence electrons. The van der Waals surface area contributed by atoms with Gasteiger partial charge in [0.1, 0.15) is 4.32 Å². The fraction of sp³-hybridized carbons (Fsp3) is 0.379. The molecule has 1 saturated carbocycles. The molecule has 1 saturated heterocycles. The molecule has 0 aromatic heterocycles. The third-order valence-corrected chi connectivity index (χ3v) is 9.76. The van der Waals surface area contributed by atoms with E-state index in [0.717, 1.165) is 22.3 Å². The Hall–Kier alpha value is -3.35. The van der Waals surface area contributed by atoms with Gasteiger partial charge in [-0.3, -0.25) is 19.3 Å². The van der Waals surface area contributed by atoms with Crippen LogP contribution in [-0.2, 0) is 19.2 Å². The van der Waals surface area contributed by atoms with Crippen molar-refractivity contribution in [2.75, 3.05) is 26.2 Å². The molecule has 2 bridgehead atoms. The van der Waals surface area contributed by atoms with Gasteiger partial charge in [-0.05, 0) is 36.1 Å². The van der Waals surface area contributed by atoms with Crippen molar-refractivity contribution >= 4 is 50.6 Å². The number of likely N-dealkylation sites (tertiary alicyclic amines) is 1. The van der Waals surface area contributed by atoms with E-state index in [1.54, 1.807) is 0 Å². The van der Waals surface area contributed by atoms with Gasteiger partial charge in [-0.25, -0.2) is 4.79 Å². The van der Waals surface area contributed by atoms with Crippen molar-refractivity contribution in [2.45, 2.75) is 24.3 Å². The summed E-state index contributed by atoms with van der Waals surface area (Å²) in [6.45, 7) is 5.45. The van der Waals surface area contributed by atoms with Gasteiger partial charge >= 0.3 is 12.1 Å². The number of imide groups is 1. The number of aliphatic carboxylic acids is 1. The molecule has 0 spiro atoms. The molecular weight excluding hydrogens is 607 g/mol. The lowest BCUT2D eigenvalue weighted by Crippen LogP contribution is -2.51. The van der Waals surface area contributed by atoms with E-state index in [1.165, 1.54) is 4.90 Å². The highest BCUT2D eigenvalue weighted by atomic mass is 79.9. The van der Waals surface area contributed by atoms with E-state index in [4.69, 9.17) is 15.6 Å². The van der Waals surface area contributed by atoms with Gasteiger partial charge in [-0.2, -0.15) is 13.2 Å². The van der Waals surface area contributed by atoms with Crippen LogP contribution < -0.4 is 11.1 Å². The molecule has 41 heavy (non-hydrogen) atoms. The Morgan fingerprint density at radius 2 is 1.46 bits per heavy atom. The van der Waals surface area contributed by atoms with E-state index in [9.17, 15) is 27.6 Å². The Balaban J connectivity index is 0.000000493. The highest BCUT2D eigenvalue weighted by molar-refractivity contribution is 9.10. The molecule has 4 unspecified atom stereocenters. The van der Waals surface area contributed by atoms with Crippen LogP contribution in [0.1, 0.15) is 25.0 Å². The van der Waals surface area contributed by atoms with Gasteiger partial charge in [-0.15, -0.1) is 0 Å². The highest BCUT2D eigenvalue weighted by Gasteiger charge is 2.85. The van der Waals surface area contributed by atoms with Crippen molar-refractivity contribution in [1.29, 1.82) is 0 Å². The second-order valence-electron chi connectivity index (χ2n) is 10.4. The van der Waals surface area contributed by atoms with E-state index < -0.39 is 33.2 Å². The van der Waals surface area contributed by atoms with Gasteiger partial charge in [0.15, 0.2) is 5.78 Å². The normalized spacial score (nSPS) is 28.6. The first-order chi connectivity index (χ1) is 19.2. The van der Waals surface area contributed by atoms with Crippen molar-refractivity contribution in [3.05, 3.63) is 71.8 Å². The number of Topliss-reactive ketones (excluding diaryl/α,β-unsaturated/α-hetero) is 1. The molecule has 4 N–H and O–H groups in total. The Labute approximate surface area is 242 Å². The summed E-state index contributed by atoms with van der Waals surface area (Å²) < 4.78 is 30.4. The Morgan fingerprint density at radius 1 is 0.976 bits per heavy atom. The van der Waals surface area contributed by atoms with Crippen LogP contribution in [0.3, 0.4) is 0 Å². The summed E-state index contributed by atoms with van der Waals surface area (Å²) in [5.41, 5.74) is 6.66. The number of carbonyl (C=O) groups is 4. The number of ketones is 1. The predicted octanol–water partition coefficient (Wildman–Crippen LogP) is 3.51. The average molecular weight is 636 g/mol. The zero-order chi connectivity index (χ0) is 30.4. The number of alkyl halides is 4. The molecule has 5 rings (SSSR count). The largest absolute Gasteiger partial charge is 0.490 e. The number of hydrogen-bond donors (Lipinski definition) is 3. The Kier molecular flexibility index (Phi) is 8.07. The van der Waals surface area contributed by atoms with Crippen molar-refractivity contribution in [2.24, 2.45) is 22.5 Å². The minimum atomic E-state index is -5.08. The smallest absolute Gasteiger partial charge is 0.475 e. The van der Waals surface area contributed by atoms with Crippen LogP contribution in [0.25, 0.3) is 11.1 Å². The van der Waals surface area contributed by atoms with Crippen molar-refractivity contribution in [3.63, 3.8) is 0 Å². The van der Waals surface area contributed by atoms with E-state index in [2.05, 4.69) is 21.2 Å². The fourth-order valence-electron chi connectivity index (χ4n) is 6.49. The molecule has 8 nitrogen and oxygen atoms in total. The van der Waals surface area contributed by atoms with Crippen molar-refractivity contribution in [1.82, 2.24) is 10.2 Å². The Morgan fingerprint density at radius 3 is 1.93 bits per heavy atom. The van der Waals surface area contributed by atoms with Crippen LogP contribution >= 0.6 is 15.9 Å². The number of carbonyl (C=O) groups excluding carboxylic acids is 3. The van der Waals surface area contributed by atoms with Crippen LogP contribution in [0, 0.1) is 16.7 Å². The summed E-state index contributed by atoms with van der Waals surface area (Å²) in [5.74, 6) is -4.29. The maximum Gasteiger partial charge on any atom is 0.490 e. The van der Waals surface area contributed by atoms with Crippen LogP contribution in [0.5, 0.6) is 0 Å². The van der Waals surface area contributed by atoms with E-state index in [1.807, 2.05) is 74.5 Å². The summed E-state index contributed by atoms with van der Waals surface area (Å²) in [7, 11) is 0. The number of benzene rings is 2. The lowest BCUT2D eigenvalue weighted by molar-refractivity contribution is -0.192. The third-order valence-electron chi connectivity index (χ3n) is 8.17. The topological polar surface area (TPSA) is 130 Å². The molecule has 12 heteroatoms. The molecule has 2 fully saturated rings. The number of rotatable bonds is 7. The summed E-state index contributed by atoms with van der Waals surface area (Å²) in [4.78, 5) is 52.2. The zero-order valence-corrected chi connectivity index (χ0v) is 23.9. The molecule has 1 heterocycles. The molecule has 3 aliphatic rings. The van der Waals surface area contributed by atoms with E-state index in [-0.39, 0.29) is 24.1 Å². The lowest BCUT2D eigenvalue weighted by Gasteiger charge is -2.41. The van der Waals surface area contributed by atoms with Gasteiger partial charge < -0.3 is 16.2 Å². The number of carboxylic acid groups (broad SMARTS) is 1. The first-order valence-electron chi connectivity index (χ1n) is 12.9. The quantitative estimate of drug-likeness (QED) is 0.241. The molecule has 1 aliphatic heterocycles. The number of allylic oxidation sites excluding steroid dienone is 2. The summed E-state index contributed by atoms with van der Waals surface area (Å²) in [5, 5.41) is 10.3. The van der Waals surface area contributed by atoms with Crippen molar-refractivity contribution < 1.29 is 37.5 Å². The SMILES string of the molecule is CC12C(=O)C(C)(C(c3ccccc3)=C1c1ccccc1)C1(Br)C(=O)N(CCNCCN)C(=O)C21.O=C(O)C(F)(F)F. The molecule has 2 aromatic carbocycles. The zero-order valence-electron chi connectivity index (χ0n) is 22.3. The second-order valence-corrected chi connectivity index (χ2v) is 11.7. The van der Waals surface area contributed by atoms with Gasteiger partial charge in [0.2, 0.25) is 11.8 Å². The van der Waals surface area contributed by atoms with Gasteiger partial charge in [-0.1, -0.05) is 76.6 Å². The summed E-state index contributed by atoms with van der Waals surface area (Å²) >= 11 is 3.76. The minimum Gasteiger partial charge on any atom is -0.475 e. The summed E-state index contributed by atoms with van der Waals surface area (Å²) in [6.07, 6.45) is -5.08. The number of amides is 2. The molecule has 4 atom stereocenters. The number of nitrogens with zero attached hydrogens (tertiary/aromatic N) is 1. The van der Waals surface area contributed by atoms with Crippen LogP contribution in [0.2, 0.25) is 0 Å². The lowest BCUT2D eigenvalue weighted by atomic mass is 9.63. The molecule has 2 aromatic rings. The first kappa shape index (κ1) is 30.6. The monoisotopic (exact) mass is 635 g/mol. The average Bonchev–Trinajstić information content (AvgIpc) is 3.31. The molecular formula is C29H29BrF3N3O5. The van der Waals surface area contributed by atoms with Crippen LogP contribution in [-0.4, -0.2) is 70.3 Å². The van der Waals surface area contributed by atoms with Gasteiger partial charge in [0.25, 0.3) is 0 Å². The predicted molar refractivity (Wildman–Crippen MR) is 148 cm³/mol. The second kappa shape index (κ2) is 10.8. The molecule has 2 amide bonds. The fourth-order valence-corrected chi connectivity index (χ4v) is 7.73. The van der Waals surface area contributed by atoms with Gasteiger partial charge in [0.05, 0.1) is 16.7 Å². The van der Waals surface area contributed by atoms with E-state index >= 15 is 0 Å². The number of nitrogens with two attached hydrogens (primary N) is 1. The van der Waals surface area contributed by atoms with Crippen LogP contribution in [0.15, 0.2) is 60.7 Å². The standard InChI is InChI=1S/C27H28BrN3O3.C2HF3O2/c1-25-19(17-9-5-3-6-10-17)20(18-11-7-4-8-12-18)26(2,23(25)33)27(28)21(25)22(32)31(24(27)34)16-15-30-14-13-29;3-2(4,5)1(6)7/h3-12,21,30H,13-16,29H2,1-2H3;(H,6,7). The maximum absolute atomic E-state index is 14.3. The number of halogens is 4. The number of hydrogen-bond acceptors (Lipinski definition) is 6. The number of nitrogens with one attached hydrogen (secondary N) is 1. The third kappa shape index (κ3) is 4.43. The number of carboxylic acids is 1. The van der Waals surface area contributed by atoms with Crippen LogP contribution in [0.4, 0.5) is 13.2 Å². The Bertz CT molecular complexity index is 1420. The van der Waals surface area contributed by atoms with E-state index in [0.29, 0.717) is 19.6 Å². The number of fused-ring (bicyclic) bond motifs is 5. The highest BCUT2D eigenvalue weighted by Crippen LogP contribution is 2.77.